The van der Waals surface area contributed by atoms with Gasteiger partial charge in [-0.25, -0.2) is 0 Å². The topological polar surface area (TPSA) is 55.1 Å². The zero-order chi connectivity index (χ0) is 14.7. The molecule has 3 rings (SSSR count). The highest BCUT2D eigenvalue weighted by Crippen LogP contribution is 2.43. The van der Waals surface area contributed by atoms with Crippen molar-refractivity contribution in [2.24, 2.45) is 0 Å². The van der Waals surface area contributed by atoms with Crippen molar-refractivity contribution in [2.45, 2.75) is 24.7 Å². The van der Waals surface area contributed by atoms with Crippen LogP contribution in [0, 0.1) is 0 Å². The zero-order valence-corrected chi connectivity index (χ0v) is 13.2. The van der Waals surface area contributed by atoms with Crippen molar-refractivity contribution in [3.05, 3.63) is 65.7 Å². The van der Waals surface area contributed by atoms with Gasteiger partial charge in [0.15, 0.2) is 0 Å². The first-order valence-corrected chi connectivity index (χ1v) is 7.39. The number of carbonyl (C=O) groups is 1. The maximum absolute atomic E-state index is 12.2. The molecular weight excluding hydrogens is 296 g/mol. The summed E-state index contributed by atoms with van der Waals surface area (Å²) in [4.78, 5) is 12.2. The van der Waals surface area contributed by atoms with Gasteiger partial charge in [0.25, 0.3) is 5.91 Å². The maximum Gasteiger partial charge on any atom is 0.251 e. The van der Waals surface area contributed by atoms with Crippen LogP contribution in [0.1, 0.15) is 35.2 Å². The molecule has 0 heterocycles. The minimum Gasteiger partial charge on any atom is -0.399 e. The lowest BCUT2D eigenvalue weighted by atomic mass is 9.64. The molecule has 1 saturated carbocycles. The SMILES string of the molecule is Cl.Nc1cccc(C(=O)NCC2(c3ccccc3)CCC2)c1. The number of carbonyl (C=O) groups excluding carboxylic acids is 1. The Balaban J connectivity index is 0.00000176. The fourth-order valence-corrected chi connectivity index (χ4v) is 2.99. The number of hydrogen-bond acceptors (Lipinski definition) is 2. The van der Waals surface area contributed by atoms with Crippen LogP contribution in [0.15, 0.2) is 54.6 Å². The Morgan fingerprint density at radius 2 is 1.82 bits per heavy atom. The summed E-state index contributed by atoms with van der Waals surface area (Å²) in [6.45, 7) is 0.685. The van der Waals surface area contributed by atoms with E-state index in [2.05, 4.69) is 29.6 Å². The number of halogens is 1. The molecule has 0 atom stereocenters. The van der Waals surface area contributed by atoms with Crippen LogP contribution in [0.25, 0.3) is 0 Å². The number of nitrogens with one attached hydrogen (secondary N) is 1. The number of amides is 1. The fraction of sp³-hybridized carbons (Fsp3) is 0.278. The van der Waals surface area contributed by atoms with Gasteiger partial charge in [0, 0.05) is 23.2 Å². The predicted octanol–water partition coefficient (Wildman–Crippen LogP) is 3.54. The maximum atomic E-state index is 12.2. The molecule has 116 valence electrons. The molecule has 2 aromatic carbocycles. The molecule has 1 aliphatic rings. The summed E-state index contributed by atoms with van der Waals surface area (Å²) in [5.74, 6) is -0.0514. The molecule has 0 radical (unpaired) electrons. The summed E-state index contributed by atoms with van der Waals surface area (Å²) >= 11 is 0. The van der Waals surface area contributed by atoms with Crippen LogP contribution in [0.4, 0.5) is 5.69 Å². The zero-order valence-electron chi connectivity index (χ0n) is 12.4. The van der Waals surface area contributed by atoms with E-state index in [-0.39, 0.29) is 23.7 Å². The van der Waals surface area contributed by atoms with E-state index in [1.54, 1.807) is 24.3 Å². The van der Waals surface area contributed by atoms with Gasteiger partial charge in [-0.1, -0.05) is 42.8 Å². The largest absolute Gasteiger partial charge is 0.399 e. The Labute approximate surface area is 137 Å². The van der Waals surface area contributed by atoms with Gasteiger partial charge in [0.05, 0.1) is 0 Å². The molecule has 4 heteroatoms. The molecular formula is C18H21ClN2O. The van der Waals surface area contributed by atoms with Crippen LogP contribution in [-0.2, 0) is 5.41 Å². The van der Waals surface area contributed by atoms with Crippen molar-refractivity contribution in [1.82, 2.24) is 5.32 Å². The minimum atomic E-state index is -0.0514. The summed E-state index contributed by atoms with van der Waals surface area (Å²) < 4.78 is 0. The molecule has 0 aromatic heterocycles. The van der Waals surface area contributed by atoms with E-state index in [1.165, 1.54) is 12.0 Å². The van der Waals surface area contributed by atoms with E-state index in [0.29, 0.717) is 17.8 Å². The molecule has 1 aliphatic carbocycles. The Morgan fingerprint density at radius 3 is 2.41 bits per heavy atom. The van der Waals surface area contributed by atoms with Crippen LogP contribution in [0.3, 0.4) is 0 Å². The summed E-state index contributed by atoms with van der Waals surface area (Å²) in [6.07, 6.45) is 3.49. The molecule has 22 heavy (non-hydrogen) atoms. The monoisotopic (exact) mass is 316 g/mol. The second-order valence-electron chi connectivity index (χ2n) is 5.81. The smallest absolute Gasteiger partial charge is 0.251 e. The van der Waals surface area contributed by atoms with Crippen LogP contribution in [-0.4, -0.2) is 12.5 Å². The number of hydrogen-bond donors (Lipinski definition) is 2. The van der Waals surface area contributed by atoms with E-state index in [4.69, 9.17) is 5.73 Å². The third-order valence-corrected chi connectivity index (χ3v) is 4.43. The standard InChI is InChI=1S/C18H20N2O.ClH/c19-16-9-4-6-14(12-16)17(21)20-13-18(10-5-11-18)15-7-2-1-3-8-15;/h1-4,6-9,12H,5,10-11,13,19H2,(H,20,21);1H. The van der Waals surface area contributed by atoms with E-state index in [1.807, 2.05) is 6.07 Å². The van der Waals surface area contributed by atoms with Crippen molar-refractivity contribution >= 4 is 24.0 Å². The van der Waals surface area contributed by atoms with Crippen molar-refractivity contribution < 1.29 is 4.79 Å². The minimum absolute atomic E-state index is 0. The molecule has 3 nitrogen and oxygen atoms in total. The summed E-state index contributed by atoms with van der Waals surface area (Å²) in [5.41, 5.74) is 8.40. The average molecular weight is 317 g/mol. The number of nitrogens with two attached hydrogens (primary N) is 1. The van der Waals surface area contributed by atoms with E-state index < -0.39 is 0 Å². The van der Waals surface area contributed by atoms with E-state index >= 15 is 0 Å². The number of rotatable bonds is 4. The number of benzene rings is 2. The molecule has 2 aromatic rings. The highest BCUT2D eigenvalue weighted by atomic mass is 35.5. The molecule has 0 spiro atoms. The second-order valence-corrected chi connectivity index (χ2v) is 5.81. The predicted molar refractivity (Wildman–Crippen MR) is 92.4 cm³/mol. The quantitative estimate of drug-likeness (QED) is 0.848. The second kappa shape index (κ2) is 6.84. The van der Waals surface area contributed by atoms with Gasteiger partial charge in [-0.3, -0.25) is 4.79 Å². The van der Waals surface area contributed by atoms with Crippen molar-refractivity contribution in [2.75, 3.05) is 12.3 Å². The summed E-state index contributed by atoms with van der Waals surface area (Å²) in [7, 11) is 0. The van der Waals surface area contributed by atoms with Crippen molar-refractivity contribution in [3.63, 3.8) is 0 Å². The normalized spacial score (nSPS) is 15.3. The third kappa shape index (κ3) is 3.25. The molecule has 0 saturated heterocycles. The first kappa shape index (κ1) is 16.4. The van der Waals surface area contributed by atoms with E-state index in [9.17, 15) is 4.79 Å². The molecule has 3 N–H and O–H groups in total. The van der Waals surface area contributed by atoms with Gasteiger partial charge in [0.1, 0.15) is 0 Å². The Kier molecular flexibility index (Phi) is 5.09. The van der Waals surface area contributed by atoms with Gasteiger partial charge < -0.3 is 11.1 Å². The van der Waals surface area contributed by atoms with Gasteiger partial charge >= 0.3 is 0 Å². The third-order valence-electron chi connectivity index (χ3n) is 4.43. The number of nitrogen functional groups attached to an aromatic ring is 1. The Morgan fingerprint density at radius 1 is 1.09 bits per heavy atom. The van der Waals surface area contributed by atoms with Crippen molar-refractivity contribution in [3.8, 4) is 0 Å². The van der Waals surface area contributed by atoms with Crippen molar-refractivity contribution in [1.29, 1.82) is 0 Å². The molecule has 0 aliphatic heterocycles. The molecule has 0 unspecified atom stereocenters. The lowest BCUT2D eigenvalue weighted by Crippen LogP contribution is -2.45. The van der Waals surface area contributed by atoms with Gasteiger partial charge in [-0.2, -0.15) is 0 Å². The lowest BCUT2D eigenvalue weighted by Gasteiger charge is -2.42. The molecule has 1 amide bonds. The van der Waals surface area contributed by atoms with Gasteiger partial charge in [-0.05, 0) is 36.6 Å². The Hall–Kier alpha value is -2.00. The van der Waals surface area contributed by atoms with Crippen LogP contribution >= 0.6 is 12.4 Å². The van der Waals surface area contributed by atoms with Gasteiger partial charge in [0.2, 0.25) is 0 Å². The van der Waals surface area contributed by atoms with E-state index in [0.717, 1.165) is 12.8 Å². The number of anilines is 1. The first-order valence-electron chi connectivity index (χ1n) is 7.39. The highest BCUT2D eigenvalue weighted by Gasteiger charge is 2.38. The highest BCUT2D eigenvalue weighted by molar-refractivity contribution is 5.95. The van der Waals surface area contributed by atoms with Gasteiger partial charge in [-0.15, -0.1) is 12.4 Å². The average Bonchev–Trinajstić information content (AvgIpc) is 2.47. The first-order chi connectivity index (χ1) is 10.2. The fourth-order valence-electron chi connectivity index (χ4n) is 2.99. The molecule has 1 fully saturated rings. The summed E-state index contributed by atoms with van der Waals surface area (Å²) in [6, 6.07) is 17.6. The molecule has 0 bridgehead atoms. The Bertz CT molecular complexity index is 639. The summed E-state index contributed by atoms with van der Waals surface area (Å²) in [5, 5.41) is 3.07. The lowest BCUT2D eigenvalue weighted by molar-refractivity contribution is 0.0928. The van der Waals surface area contributed by atoms with Crippen LogP contribution in [0.2, 0.25) is 0 Å². The van der Waals surface area contributed by atoms with Crippen LogP contribution in [0.5, 0.6) is 0 Å². The van der Waals surface area contributed by atoms with Crippen LogP contribution < -0.4 is 11.1 Å².